The van der Waals surface area contributed by atoms with Gasteiger partial charge in [-0.25, -0.2) is 15.0 Å². The molecular weight excluding hydrogens is 565 g/mol. The number of carbonyl (C=O) groups is 2. The Balaban J connectivity index is 1.29. The second-order valence-corrected chi connectivity index (χ2v) is 11.5. The highest BCUT2D eigenvalue weighted by Gasteiger charge is 2.26. The molecule has 2 aliphatic rings. The van der Waals surface area contributed by atoms with Gasteiger partial charge in [-0.2, -0.15) is 0 Å². The molecule has 1 unspecified atom stereocenters. The lowest BCUT2D eigenvalue weighted by Crippen LogP contribution is -2.40. The number of carbonyl (C=O) groups excluding carboxylic acids is 2. The van der Waals surface area contributed by atoms with Gasteiger partial charge in [0.1, 0.15) is 18.0 Å². The van der Waals surface area contributed by atoms with E-state index in [1.54, 1.807) is 29.2 Å². The Kier molecular flexibility index (Phi) is 7.96. The lowest BCUT2D eigenvalue weighted by atomic mass is 10.1. The van der Waals surface area contributed by atoms with Gasteiger partial charge in [0.2, 0.25) is 5.91 Å². The van der Waals surface area contributed by atoms with Gasteiger partial charge >= 0.3 is 0 Å². The van der Waals surface area contributed by atoms with Gasteiger partial charge in [-0.05, 0) is 62.4 Å². The molecule has 2 aromatic carbocycles. The Morgan fingerprint density at radius 2 is 1.80 bits per heavy atom. The first-order valence-corrected chi connectivity index (χ1v) is 14.7. The molecule has 41 heavy (non-hydrogen) atoms. The molecule has 12 heteroatoms. The highest BCUT2D eigenvalue weighted by molar-refractivity contribution is 6.35. The molecule has 3 N–H and O–H groups in total. The fourth-order valence-corrected chi connectivity index (χ4v) is 6.00. The Hall–Kier alpha value is -3.47. The fourth-order valence-electron chi connectivity index (χ4n) is 5.59. The highest BCUT2D eigenvalue weighted by atomic mass is 35.5. The normalized spacial score (nSPS) is 17.0. The summed E-state index contributed by atoms with van der Waals surface area (Å²) in [5, 5.41) is 14.9. The SMILES string of the molecule is O=C(CCC(Nc1ncnc2cc(C(=O)N3CCCC3)c(Cl)cc12)c1nc2cc(Cl)ccc2[nH]1)N1CCC(O)CC1. The number of rotatable bonds is 7. The van der Waals surface area contributed by atoms with Gasteiger partial charge in [0.05, 0.1) is 39.3 Å². The number of fused-ring (bicyclic) bond motifs is 2. The Labute approximate surface area is 247 Å². The van der Waals surface area contributed by atoms with Crippen LogP contribution < -0.4 is 5.32 Å². The van der Waals surface area contributed by atoms with Crippen molar-refractivity contribution in [1.29, 1.82) is 0 Å². The molecule has 0 spiro atoms. The van der Waals surface area contributed by atoms with Crippen LogP contribution in [0.4, 0.5) is 5.82 Å². The molecular formula is C29H31Cl2N7O3. The van der Waals surface area contributed by atoms with E-state index in [2.05, 4.69) is 20.3 Å². The number of nitrogens with one attached hydrogen (secondary N) is 2. The third kappa shape index (κ3) is 5.95. The minimum Gasteiger partial charge on any atom is -0.393 e. The van der Waals surface area contributed by atoms with Gasteiger partial charge in [0, 0.05) is 43.0 Å². The number of imidazole rings is 1. The number of benzene rings is 2. The molecule has 10 nitrogen and oxygen atoms in total. The van der Waals surface area contributed by atoms with Crippen LogP contribution in [0.15, 0.2) is 36.7 Å². The van der Waals surface area contributed by atoms with E-state index < -0.39 is 6.04 Å². The van der Waals surface area contributed by atoms with Crippen LogP contribution in [0.3, 0.4) is 0 Å². The van der Waals surface area contributed by atoms with Crippen LogP contribution >= 0.6 is 23.2 Å². The van der Waals surface area contributed by atoms with Crippen LogP contribution in [-0.4, -0.2) is 78.9 Å². The molecule has 4 heterocycles. The van der Waals surface area contributed by atoms with E-state index in [4.69, 9.17) is 28.2 Å². The molecule has 0 radical (unpaired) electrons. The predicted molar refractivity (Wildman–Crippen MR) is 158 cm³/mol. The van der Waals surface area contributed by atoms with Gasteiger partial charge in [0.15, 0.2) is 0 Å². The van der Waals surface area contributed by atoms with Gasteiger partial charge in [0.25, 0.3) is 5.91 Å². The minimum absolute atomic E-state index is 0.0310. The fraction of sp³-hybridized carbons (Fsp3) is 0.414. The van der Waals surface area contributed by atoms with Crippen LogP contribution in [0, 0.1) is 0 Å². The highest BCUT2D eigenvalue weighted by Crippen LogP contribution is 2.32. The zero-order valence-electron chi connectivity index (χ0n) is 22.4. The van der Waals surface area contributed by atoms with Crippen molar-refractivity contribution in [1.82, 2.24) is 29.7 Å². The van der Waals surface area contributed by atoms with Crippen molar-refractivity contribution in [3.05, 3.63) is 58.1 Å². The van der Waals surface area contributed by atoms with Gasteiger partial charge in [-0.15, -0.1) is 0 Å². The van der Waals surface area contributed by atoms with Crippen LogP contribution in [0.5, 0.6) is 0 Å². The van der Waals surface area contributed by atoms with Crippen molar-refractivity contribution in [2.24, 2.45) is 0 Å². The summed E-state index contributed by atoms with van der Waals surface area (Å²) in [5.74, 6) is 1.10. The van der Waals surface area contributed by atoms with Crippen LogP contribution in [-0.2, 0) is 4.79 Å². The largest absolute Gasteiger partial charge is 0.393 e. The summed E-state index contributed by atoms with van der Waals surface area (Å²) in [6.07, 6.45) is 4.99. The molecule has 0 saturated carbocycles. The van der Waals surface area contributed by atoms with Crippen LogP contribution in [0.2, 0.25) is 10.0 Å². The van der Waals surface area contributed by atoms with Crippen molar-refractivity contribution in [3.63, 3.8) is 0 Å². The molecule has 0 aliphatic carbocycles. The molecule has 2 fully saturated rings. The summed E-state index contributed by atoms with van der Waals surface area (Å²) < 4.78 is 0. The topological polar surface area (TPSA) is 127 Å². The number of H-pyrrole nitrogens is 1. The van der Waals surface area contributed by atoms with Crippen LogP contribution in [0.25, 0.3) is 21.9 Å². The van der Waals surface area contributed by atoms with E-state index in [1.165, 1.54) is 6.33 Å². The number of aromatic amines is 1. The van der Waals surface area contributed by atoms with E-state index in [1.807, 2.05) is 11.0 Å². The van der Waals surface area contributed by atoms with E-state index >= 15 is 0 Å². The summed E-state index contributed by atoms with van der Waals surface area (Å²) >= 11 is 12.8. The van der Waals surface area contributed by atoms with Crippen molar-refractivity contribution in [3.8, 4) is 0 Å². The van der Waals surface area contributed by atoms with Crippen molar-refractivity contribution in [2.45, 2.75) is 50.7 Å². The third-order valence-corrected chi connectivity index (χ3v) is 8.46. The smallest absolute Gasteiger partial charge is 0.255 e. The molecule has 4 aromatic rings. The molecule has 2 aliphatic heterocycles. The summed E-state index contributed by atoms with van der Waals surface area (Å²) in [7, 11) is 0. The monoisotopic (exact) mass is 595 g/mol. The standard InChI is InChI=1S/C29H31Cl2N7O3/c30-17-3-4-22-25(13-17)36-28(34-22)23(5-6-26(40)37-11-7-18(39)8-12-37)35-27-20-14-21(31)19(15-24(20)32-16-33-27)29(41)38-9-1-2-10-38/h3-4,13-16,18,23,39H,1-2,5-12H2,(H,34,36)(H,32,33,35). The van der Waals surface area contributed by atoms with Gasteiger partial charge < -0.3 is 25.2 Å². The van der Waals surface area contributed by atoms with Crippen molar-refractivity contribution >= 4 is 62.8 Å². The molecule has 1 atom stereocenters. The predicted octanol–water partition coefficient (Wildman–Crippen LogP) is 4.97. The number of amides is 2. The Bertz CT molecular complexity index is 1600. The average Bonchev–Trinajstić information content (AvgIpc) is 3.65. The summed E-state index contributed by atoms with van der Waals surface area (Å²) in [5.41, 5.74) is 2.56. The number of aromatic nitrogens is 4. The molecule has 2 saturated heterocycles. The maximum atomic E-state index is 13.1. The molecule has 2 amide bonds. The molecule has 2 aromatic heterocycles. The number of aliphatic hydroxyl groups excluding tert-OH is 1. The Morgan fingerprint density at radius 3 is 2.59 bits per heavy atom. The first kappa shape index (κ1) is 27.7. The first-order valence-electron chi connectivity index (χ1n) is 14.0. The first-order chi connectivity index (χ1) is 19.9. The second kappa shape index (κ2) is 11.8. The number of aliphatic hydroxyl groups is 1. The lowest BCUT2D eigenvalue weighted by molar-refractivity contribution is -0.133. The zero-order chi connectivity index (χ0) is 28.5. The maximum Gasteiger partial charge on any atom is 0.255 e. The van der Waals surface area contributed by atoms with Crippen LogP contribution in [0.1, 0.15) is 60.7 Å². The van der Waals surface area contributed by atoms with Gasteiger partial charge in [-0.3, -0.25) is 9.59 Å². The Morgan fingerprint density at radius 1 is 1.02 bits per heavy atom. The third-order valence-electron chi connectivity index (χ3n) is 7.92. The van der Waals surface area contributed by atoms with Crippen molar-refractivity contribution in [2.75, 3.05) is 31.5 Å². The lowest BCUT2D eigenvalue weighted by Gasteiger charge is -2.30. The maximum absolute atomic E-state index is 13.1. The molecule has 0 bridgehead atoms. The number of likely N-dealkylation sites (tertiary alicyclic amines) is 2. The van der Waals surface area contributed by atoms with E-state index in [0.717, 1.165) is 37.0 Å². The number of hydrogen-bond donors (Lipinski definition) is 3. The zero-order valence-corrected chi connectivity index (χ0v) is 24.0. The summed E-state index contributed by atoms with van der Waals surface area (Å²) in [6.45, 7) is 2.55. The summed E-state index contributed by atoms with van der Waals surface area (Å²) in [6, 6.07) is 8.50. The molecule has 214 valence electrons. The minimum atomic E-state index is -0.400. The number of halogens is 2. The number of nitrogens with zero attached hydrogens (tertiary/aromatic N) is 5. The summed E-state index contributed by atoms with van der Waals surface area (Å²) in [4.78, 5) is 46.8. The van der Waals surface area contributed by atoms with Gasteiger partial charge in [-0.1, -0.05) is 23.2 Å². The average molecular weight is 597 g/mol. The number of anilines is 1. The number of hydrogen-bond acceptors (Lipinski definition) is 7. The molecule has 6 rings (SSSR count). The van der Waals surface area contributed by atoms with E-state index in [-0.39, 0.29) is 24.3 Å². The quantitative estimate of drug-likeness (QED) is 0.275. The number of piperidine rings is 1. The van der Waals surface area contributed by atoms with E-state index in [0.29, 0.717) is 70.5 Å². The van der Waals surface area contributed by atoms with Crippen molar-refractivity contribution < 1.29 is 14.7 Å². The van der Waals surface area contributed by atoms with E-state index in [9.17, 15) is 14.7 Å². The second-order valence-electron chi connectivity index (χ2n) is 10.7.